The van der Waals surface area contributed by atoms with Gasteiger partial charge in [0.05, 0.1) is 5.92 Å². The van der Waals surface area contributed by atoms with Crippen molar-refractivity contribution >= 4 is 30.0 Å². The molecular formula is C20H29ClN4O2. The molecule has 148 valence electrons. The third-order valence-electron chi connectivity index (χ3n) is 5.92. The van der Waals surface area contributed by atoms with Crippen LogP contribution >= 0.6 is 12.4 Å². The fraction of sp³-hybridized carbons (Fsp3) is 0.600. The summed E-state index contributed by atoms with van der Waals surface area (Å²) in [4.78, 5) is 29.4. The van der Waals surface area contributed by atoms with E-state index in [1.54, 1.807) is 4.90 Å². The molecule has 3 fully saturated rings. The summed E-state index contributed by atoms with van der Waals surface area (Å²) in [6.45, 7) is 2.91. The van der Waals surface area contributed by atoms with Gasteiger partial charge in [-0.25, -0.2) is 4.79 Å². The van der Waals surface area contributed by atoms with E-state index in [-0.39, 0.29) is 30.3 Å². The number of fused-ring (bicyclic) bond motifs is 2. The SMILES string of the molecule is Cl.O=C(Nc1ccccc1)N1CCCC(C(=O)N2CCC3CCC(C2)N3)C1. The van der Waals surface area contributed by atoms with Crippen LogP contribution in [0.25, 0.3) is 0 Å². The molecule has 0 aliphatic carbocycles. The number of nitrogens with zero attached hydrogens (tertiary/aromatic N) is 2. The zero-order valence-electron chi connectivity index (χ0n) is 15.6. The van der Waals surface area contributed by atoms with Gasteiger partial charge in [-0.3, -0.25) is 4.79 Å². The molecule has 2 N–H and O–H groups in total. The number of hydrogen-bond donors (Lipinski definition) is 2. The second kappa shape index (κ2) is 8.93. The van der Waals surface area contributed by atoms with Gasteiger partial charge in [-0.15, -0.1) is 12.4 Å². The van der Waals surface area contributed by atoms with Gasteiger partial charge < -0.3 is 20.4 Å². The zero-order valence-corrected chi connectivity index (χ0v) is 16.4. The number of urea groups is 1. The predicted molar refractivity (Wildman–Crippen MR) is 108 cm³/mol. The third-order valence-corrected chi connectivity index (χ3v) is 5.92. The van der Waals surface area contributed by atoms with Gasteiger partial charge in [0.1, 0.15) is 0 Å². The largest absolute Gasteiger partial charge is 0.341 e. The van der Waals surface area contributed by atoms with E-state index in [1.807, 2.05) is 35.2 Å². The number of halogens is 1. The van der Waals surface area contributed by atoms with E-state index in [0.29, 0.717) is 25.2 Å². The molecular weight excluding hydrogens is 364 g/mol. The number of benzene rings is 1. The van der Waals surface area contributed by atoms with Crippen LogP contribution in [0, 0.1) is 5.92 Å². The minimum atomic E-state index is -0.106. The Bertz CT molecular complexity index is 657. The molecule has 7 heteroatoms. The van der Waals surface area contributed by atoms with Crippen molar-refractivity contribution in [2.45, 2.75) is 44.2 Å². The quantitative estimate of drug-likeness (QED) is 0.813. The highest BCUT2D eigenvalue weighted by Crippen LogP contribution is 2.24. The molecule has 3 atom stereocenters. The molecule has 1 aromatic carbocycles. The van der Waals surface area contributed by atoms with E-state index in [4.69, 9.17) is 0 Å². The lowest BCUT2D eigenvalue weighted by molar-refractivity contribution is -0.137. The number of hydrogen-bond acceptors (Lipinski definition) is 3. The fourth-order valence-corrected chi connectivity index (χ4v) is 4.49. The van der Waals surface area contributed by atoms with Crippen LogP contribution < -0.4 is 10.6 Å². The summed E-state index contributed by atoms with van der Waals surface area (Å²) in [5.74, 6) is 0.165. The van der Waals surface area contributed by atoms with Crippen molar-refractivity contribution in [3.05, 3.63) is 30.3 Å². The number of carbonyl (C=O) groups is 2. The molecule has 3 aliphatic rings. The first kappa shape index (κ1) is 20.0. The fourth-order valence-electron chi connectivity index (χ4n) is 4.49. The molecule has 2 bridgehead atoms. The minimum Gasteiger partial charge on any atom is -0.341 e. The van der Waals surface area contributed by atoms with Gasteiger partial charge in [-0.1, -0.05) is 18.2 Å². The molecule has 3 saturated heterocycles. The number of rotatable bonds is 2. The molecule has 4 rings (SSSR count). The van der Waals surface area contributed by atoms with Gasteiger partial charge >= 0.3 is 6.03 Å². The normalized spacial score (nSPS) is 27.5. The Morgan fingerprint density at radius 2 is 1.70 bits per heavy atom. The maximum Gasteiger partial charge on any atom is 0.321 e. The molecule has 1 aromatic rings. The summed E-state index contributed by atoms with van der Waals surface area (Å²) >= 11 is 0. The van der Waals surface area contributed by atoms with Gasteiger partial charge in [0.15, 0.2) is 0 Å². The molecule has 0 aromatic heterocycles. The molecule has 3 aliphatic heterocycles. The zero-order chi connectivity index (χ0) is 17.9. The Hall–Kier alpha value is -1.79. The first-order valence-corrected chi connectivity index (χ1v) is 9.85. The smallest absolute Gasteiger partial charge is 0.321 e. The topological polar surface area (TPSA) is 64.7 Å². The maximum atomic E-state index is 13.0. The Labute approximate surface area is 167 Å². The number of amides is 3. The average molecular weight is 393 g/mol. The van der Waals surface area contributed by atoms with E-state index in [2.05, 4.69) is 10.6 Å². The molecule has 0 radical (unpaired) electrons. The van der Waals surface area contributed by atoms with E-state index in [1.165, 1.54) is 12.8 Å². The molecule has 3 heterocycles. The lowest BCUT2D eigenvalue weighted by Gasteiger charge is -2.35. The number of piperidine rings is 1. The van der Waals surface area contributed by atoms with E-state index in [9.17, 15) is 9.59 Å². The summed E-state index contributed by atoms with van der Waals surface area (Å²) in [6.07, 6.45) is 5.23. The highest BCUT2D eigenvalue weighted by Gasteiger charge is 2.35. The lowest BCUT2D eigenvalue weighted by atomic mass is 9.96. The Morgan fingerprint density at radius 3 is 2.52 bits per heavy atom. The van der Waals surface area contributed by atoms with Crippen molar-refractivity contribution in [1.29, 1.82) is 0 Å². The van der Waals surface area contributed by atoms with Crippen LogP contribution in [0.1, 0.15) is 32.1 Å². The molecule has 27 heavy (non-hydrogen) atoms. The highest BCUT2D eigenvalue weighted by atomic mass is 35.5. The third kappa shape index (κ3) is 4.74. The van der Waals surface area contributed by atoms with Gasteiger partial charge in [-0.2, -0.15) is 0 Å². The van der Waals surface area contributed by atoms with Crippen molar-refractivity contribution in [1.82, 2.24) is 15.1 Å². The highest BCUT2D eigenvalue weighted by molar-refractivity contribution is 5.90. The van der Waals surface area contributed by atoms with Crippen molar-refractivity contribution in [2.75, 3.05) is 31.5 Å². The van der Waals surface area contributed by atoms with Crippen LogP contribution in [0.5, 0.6) is 0 Å². The first-order chi connectivity index (χ1) is 12.7. The second-order valence-electron chi connectivity index (χ2n) is 7.79. The van der Waals surface area contributed by atoms with Gasteiger partial charge in [0.25, 0.3) is 0 Å². The average Bonchev–Trinajstić information content (AvgIpc) is 3.01. The van der Waals surface area contributed by atoms with Crippen molar-refractivity contribution in [3.8, 4) is 0 Å². The molecule has 0 saturated carbocycles. The molecule has 0 spiro atoms. The van der Waals surface area contributed by atoms with E-state index < -0.39 is 0 Å². The maximum absolute atomic E-state index is 13.0. The summed E-state index contributed by atoms with van der Waals surface area (Å²) in [7, 11) is 0. The molecule has 3 amide bonds. The first-order valence-electron chi connectivity index (χ1n) is 9.85. The number of para-hydroxylation sites is 1. The molecule has 6 nitrogen and oxygen atoms in total. The van der Waals surface area contributed by atoms with Crippen LogP contribution in [0.2, 0.25) is 0 Å². The summed E-state index contributed by atoms with van der Waals surface area (Å²) < 4.78 is 0. The van der Waals surface area contributed by atoms with Crippen LogP contribution in [0.3, 0.4) is 0 Å². The minimum absolute atomic E-state index is 0. The van der Waals surface area contributed by atoms with Crippen molar-refractivity contribution in [3.63, 3.8) is 0 Å². The van der Waals surface area contributed by atoms with Crippen LogP contribution in [-0.4, -0.2) is 60.0 Å². The van der Waals surface area contributed by atoms with Crippen molar-refractivity contribution in [2.24, 2.45) is 5.92 Å². The summed E-state index contributed by atoms with van der Waals surface area (Å²) in [6, 6.07) is 10.4. The van der Waals surface area contributed by atoms with Gasteiger partial charge in [-0.05, 0) is 44.2 Å². The number of nitrogens with one attached hydrogen (secondary N) is 2. The Kier molecular flexibility index (Phi) is 6.60. The van der Waals surface area contributed by atoms with E-state index >= 15 is 0 Å². The van der Waals surface area contributed by atoms with Crippen molar-refractivity contribution < 1.29 is 9.59 Å². The number of likely N-dealkylation sites (tertiary alicyclic amines) is 2. The van der Waals surface area contributed by atoms with Gasteiger partial charge in [0.2, 0.25) is 5.91 Å². The standard InChI is InChI=1S/C20H28N4O2.ClH/c25-19(23-12-10-17-8-9-18(14-23)21-17)15-5-4-11-24(13-15)20(26)22-16-6-2-1-3-7-16;/h1-3,6-7,15,17-18,21H,4-5,8-14H2,(H,22,26);1H. The molecule has 3 unspecified atom stereocenters. The monoisotopic (exact) mass is 392 g/mol. The number of anilines is 1. The Morgan fingerprint density at radius 1 is 0.926 bits per heavy atom. The predicted octanol–water partition coefficient (Wildman–Crippen LogP) is 2.71. The van der Waals surface area contributed by atoms with Gasteiger partial charge in [0, 0.05) is 44.0 Å². The van der Waals surface area contributed by atoms with Crippen LogP contribution in [0.15, 0.2) is 30.3 Å². The summed E-state index contributed by atoms with van der Waals surface area (Å²) in [5, 5.41) is 6.56. The lowest BCUT2D eigenvalue weighted by Crippen LogP contribution is -2.49. The number of carbonyl (C=O) groups excluding carboxylic acids is 2. The van der Waals surface area contributed by atoms with Crippen LogP contribution in [-0.2, 0) is 4.79 Å². The van der Waals surface area contributed by atoms with Crippen LogP contribution in [0.4, 0.5) is 10.5 Å². The Balaban J connectivity index is 0.00000210. The second-order valence-corrected chi connectivity index (χ2v) is 7.79. The van der Waals surface area contributed by atoms with E-state index in [0.717, 1.165) is 38.0 Å². The summed E-state index contributed by atoms with van der Waals surface area (Å²) in [5.41, 5.74) is 0.792.